The minimum absolute atomic E-state index is 0.210. The smallest absolute Gasteiger partial charge is 0.0558 e. The molecule has 0 saturated heterocycles. The van der Waals surface area contributed by atoms with Crippen LogP contribution in [0.3, 0.4) is 0 Å². The number of hydrogen-bond acceptors (Lipinski definition) is 3. The molecule has 0 amide bonds. The summed E-state index contributed by atoms with van der Waals surface area (Å²) < 4.78 is 5.32. The fourth-order valence-electron chi connectivity index (χ4n) is 1.79. The number of ether oxygens (including phenoxy) is 1. The van der Waals surface area contributed by atoms with Crippen molar-refractivity contribution in [2.75, 3.05) is 32.9 Å². The van der Waals surface area contributed by atoms with Crippen LogP contribution < -0.4 is 0 Å². The van der Waals surface area contributed by atoms with Crippen molar-refractivity contribution in [2.45, 2.75) is 19.9 Å². The van der Waals surface area contributed by atoms with Gasteiger partial charge in [-0.15, -0.1) is 0 Å². The van der Waals surface area contributed by atoms with Crippen LogP contribution in [0.1, 0.15) is 18.9 Å². The predicted molar refractivity (Wildman–Crippen MR) is 69.9 cm³/mol. The van der Waals surface area contributed by atoms with Gasteiger partial charge in [-0.05, 0) is 18.9 Å². The van der Waals surface area contributed by atoms with E-state index < -0.39 is 0 Å². The first-order chi connectivity index (χ1) is 8.36. The normalized spacial score (nSPS) is 11.0. The fraction of sp³-hybridized carbons (Fsp3) is 0.571. The molecule has 3 nitrogen and oxygen atoms in total. The summed E-state index contributed by atoms with van der Waals surface area (Å²) in [4.78, 5) is 2.26. The van der Waals surface area contributed by atoms with Gasteiger partial charge in [0.05, 0.1) is 6.61 Å². The van der Waals surface area contributed by atoms with Crippen molar-refractivity contribution in [3.05, 3.63) is 35.9 Å². The monoisotopic (exact) mass is 237 g/mol. The Bertz CT molecular complexity index is 277. The molecule has 0 saturated carbocycles. The summed E-state index contributed by atoms with van der Waals surface area (Å²) in [7, 11) is 0. The van der Waals surface area contributed by atoms with E-state index in [-0.39, 0.29) is 6.61 Å². The van der Waals surface area contributed by atoms with Crippen LogP contribution in [-0.4, -0.2) is 42.9 Å². The Labute approximate surface area is 104 Å². The van der Waals surface area contributed by atoms with Gasteiger partial charge in [-0.2, -0.15) is 0 Å². The van der Waals surface area contributed by atoms with Crippen LogP contribution in [0, 0.1) is 0 Å². The van der Waals surface area contributed by atoms with Crippen molar-refractivity contribution in [3.8, 4) is 0 Å². The molecule has 17 heavy (non-hydrogen) atoms. The van der Waals surface area contributed by atoms with E-state index in [1.54, 1.807) is 0 Å². The van der Waals surface area contributed by atoms with E-state index >= 15 is 0 Å². The molecule has 0 spiro atoms. The zero-order valence-electron chi connectivity index (χ0n) is 10.6. The fourth-order valence-corrected chi connectivity index (χ4v) is 1.79. The third-order valence-corrected chi connectivity index (χ3v) is 2.63. The summed E-state index contributed by atoms with van der Waals surface area (Å²) in [5.74, 6) is 0. The molecule has 0 aromatic heterocycles. The summed E-state index contributed by atoms with van der Waals surface area (Å²) in [6, 6.07) is 10.4. The molecule has 0 aliphatic rings. The van der Waals surface area contributed by atoms with Gasteiger partial charge in [0.25, 0.3) is 0 Å². The number of aliphatic hydroxyl groups is 1. The second kappa shape index (κ2) is 9.16. The molecule has 96 valence electrons. The number of hydrogen-bond donors (Lipinski definition) is 1. The Morgan fingerprint density at radius 2 is 1.94 bits per heavy atom. The second-order valence-electron chi connectivity index (χ2n) is 4.04. The maximum atomic E-state index is 9.04. The maximum Gasteiger partial charge on any atom is 0.0558 e. The zero-order chi connectivity index (χ0) is 12.3. The van der Waals surface area contributed by atoms with E-state index in [1.807, 2.05) is 25.1 Å². The maximum absolute atomic E-state index is 9.04. The molecular weight excluding hydrogens is 214 g/mol. The third-order valence-electron chi connectivity index (χ3n) is 2.63. The Kier molecular flexibility index (Phi) is 7.63. The number of aliphatic hydroxyl groups excluding tert-OH is 1. The van der Waals surface area contributed by atoms with Crippen molar-refractivity contribution in [2.24, 2.45) is 0 Å². The summed E-state index contributed by atoms with van der Waals surface area (Å²) in [5.41, 5.74) is 1.29. The van der Waals surface area contributed by atoms with E-state index in [0.717, 1.165) is 39.3 Å². The van der Waals surface area contributed by atoms with Crippen LogP contribution in [0.5, 0.6) is 0 Å². The quantitative estimate of drug-likeness (QED) is 0.666. The largest absolute Gasteiger partial charge is 0.395 e. The van der Waals surface area contributed by atoms with Crippen LogP contribution in [-0.2, 0) is 11.3 Å². The lowest BCUT2D eigenvalue weighted by molar-refractivity contribution is 0.123. The Hall–Kier alpha value is -0.900. The standard InChI is InChI=1S/C14H23NO2/c1-2-17-12-6-9-15(10-11-16)13-14-7-4-3-5-8-14/h3-5,7-8,16H,2,6,9-13H2,1H3. The third kappa shape index (κ3) is 6.41. The molecular formula is C14H23NO2. The zero-order valence-corrected chi connectivity index (χ0v) is 10.6. The lowest BCUT2D eigenvalue weighted by Gasteiger charge is -2.21. The molecule has 0 bridgehead atoms. The second-order valence-corrected chi connectivity index (χ2v) is 4.04. The SMILES string of the molecule is CCOCCCN(CCO)Cc1ccccc1. The van der Waals surface area contributed by atoms with E-state index in [4.69, 9.17) is 9.84 Å². The Morgan fingerprint density at radius 3 is 2.59 bits per heavy atom. The van der Waals surface area contributed by atoms with Crippen molar-refractivity contribution >= 4 is 0 Å². The summed E-state index contributed by atoms with van der Waals surface area (Å²) in [6.45, 7) is 6.38. The molecule has 0 unspecified atom stereocenters. The average Bonchev–Trinajstić information content (AvgIpc) is 2.36. The average molecular weight is 237 g/mol. The first-order valence-corrected chi connectivity index (χ1v) is 6.31. The van der Waals surface area contributed by atoms with E-state index in [2.05, 4.69) is 17.0 Å². The number of benzene rings is 1. The molecule has 3 heteroatoms. The van der Waals surface area contributed by atoms with Crippen LogP contribution in [0.25, 0.3) is 0 Å². The predicted octanol–water partition coefficient (Wildman–Crippen LogP) is 1.91. The minimum Gasteiger partial charge on any atom is -0.395 e. The topological polar surface area (TPSA) is 32.7 Å². The lowest BCUT2D eigenvalue weighted by Crippen LogP contribution is -2.28. The van der Waals surface area contributed by atoms with Crippen LogP contribution in [0.15, 0.2) is 30.3 Å². The highest BCUT2D eigenvalue weighted by molar-refractivity contribution is 5.14. The molecule has 0 aliphatic heterocycles. The van der Waals surface area contributed by atoms with Crippen molar-refractivity contribution in [3.63, 3.8) is 0 Å². The lowest BCUT2D eigenvalue weighted by atomic mass is 10.2. The summed E-state index contributed by atoms with van der Waals surface area (Å²) in [6.07, 6.45) is 1.01. The highest BCUT2D eigenvalue weighted by Crippen LogP contribution is 2.04. The number of rotatable bonds is 9. The van der Waals surface area contributed by atoms with Crippen LogP contribution in [0.2, 0.25) is 0 Å². The minimum atomic E-state index is 0.210. The van der Waals surface area contributed by atoms with Gasteiger partial charge in [0, 0.05) is 32.8 Å². The molecule has 1 rings (SSSR count). The van der Waals surface area contributed by atoms with Gasteiger partial charge < -0.3 is 9.84 Å². The van der Waals surface area contributed by atoms with E-state index in [9.17, 15) is 0 Å². The molecule has 1 N–H and O–H groups in total. The van der Waals surface area contributed by atoms with Gasteiger partial charge in [-0.25, -0.2) is 0 Å². The summed E-state index contributed by atoms with van der Waals surface area (Å²) in [5, 5.41) is 9.04. The molecule has 0 radical (unpaired) electrons. The van der Waals surface area contributed by atoms with E-state index in [1.165, 1.54) is 5.56 Å². The molecule has 0 heterocycles. The first kappa shape index (κ1) is 14.2. The van der Waals surface area contributed by atoms with Gasteiger partial charge in [-0.1, -0.05) is 30.3 Å². The highest BCUT2D eigenvalue weighted by Gasteiger charge is 2.04. The molecule has 1 aromatic carbocycles. The van der Waals surface area contributed by atoms with Gasteiger partial charge in [0.1, 0.15) is 0 Å². The van der Waals surface area contributed by atoms with Gasteiger partial charge in [0.15, 0.2) is 0 Å². The Balaban J connectivity index is 2.32. The highest BCUT2D eigenvalue weighted by atomic mass is 16.5. The molecule has 0 atom stereocenters. The first-order valence-electron chi connectivity index (χ1n) is 6.31. The van der Waals surface area contributed by atoms with Crippen LogP contribution >= 0.6 is 0 Å². The summed E-state index contributed by atoms with van der Waals surface area (Å²) >= 11 is 0. The van der Waals surface area contributed by atoms with Gasteiger partial charge in [-0.3, -0.25) is 4.90 Å². The molecule has 0 fully saturated rings. The molecule has 1 aromatic rings. The van der Waals surface area contributed by atoms with E-state index in [0.29, 0.717) is 0 Å². The van der Waals surface area contributed by atoms with Gasteiger partial charge in [0.2, 0.25) is 0 Å². The van der Waals surface area contributed by atoms with Gasteiger partial charge >= 0.3 is 0 Å². The van der Waals surface area contributed by atoms with Crippen LogP contribution in [0.4, 0.5) is 0 Å². The van der Waals surface area contributed by atoms with Crippen molar-refractivity contribution in [1.82, 2.24) is 4.90 Å². The van der Waals surface area contributed by atoms with Crippen molar-refractivity contribution in [1.29, 1.82) is 0 Å². The molecule has 0 aliphatic carbocycles. The van der Waals surface area contributed by atoms with Crippen molar-refractivity contribution < 1.29 is 9.84 Å². The number of nitrogens with zero attached hydrogens (tertiary/aromatic N) is 1. The Morgan fingerprint density at radius 1 is 1.18 bits per heavy atom.